The molecule has 3 heteroatoms. The van der Waals surface area contributed by atoms with Gasteiger partial charge in [0.05, 0.1) is 5.41 Å². The predicted molar refractivity (Wildman–Crippen MR) is 600 cm³/mol. The quantitative estimate of drug-likeness (QED) is 0.156. The molecule has 3 nitrogen and oxygen atoms in total. The lowest BCUT2D eigenvalue weighted by Gasteiger charge is -2.30. The summed E-state index contributed by atoms with van der Waals surface area (Å²) in [6, 6.07) is 174. The smallest absolute Gasteiger partial charge is 0.143 e. The van der Waals surface area contributed by atoms with Crippen LogP contribution in [0.4, 0.5) is 0 Å². The third-order valence-corrected chi connectivity index (χ3v) is 32.2. The van der Waals surface area contributed by atoms with E-state index >= 15 is 0 Å². The van der Waals surface area contributed by atoms with Gasteiger partial charge in [-0.1, -0.05) is 425 Å². The molecule has 0 saturated heterocycles. The number of hydrogen-bond acceptors (Lipinski definition) is 3. The van der Waals surface area contributed by atoms with Crippen molar-refractivity contribution in [1.82, 2.24) is 0 Å². The molecule has 0 aliphatic heterocycles. The van der Waals surface area contributed by atoms with Gasteiger partial charge >= 0.3 is 0 Å². The van der Waals surface area contributed by atoms with Crippen LogP contribution in [0.25, 0.3) is 306 Å². The summed E-state index contributed by atoms with van der Waals surface area (Å²) in [6.07, 6.45) is 0. The lowest BCUT2D eigenvalue weighted by Crippen LogP contribution is -2.25. The molecule has 0 fully saturated rings. The summed E-state index contributed by atoms with van der Waals surface area (Å²) in [5.41, 5.74) is 30.1. The van der Waals surface area contributed by atoms with Crippen molar-refractivity contribution in [3.8, 4) is 89.0 Å². The Hall–Kier alpha value is -18.5. The number of fused-ring (bicyclic) bond motifs is 22. The molecule has 0 radical (unpaired) electrons. The molecule has 3 aromatic heterocycles. The third-order valence-electron chi connectivity index (χ3n) is 32.2. The van der Waals surface area contributed by atoms with Crippen LogP contribution in [0.5, 0.6) is 0 Å². The average molecular weight is 1800 g/mol. The lowest BCUT2D eigenvalue weighted by atomic mass is 9.70. The van der Waals surface area contributed by atoms with Gasteiger partial charge in [-0.15, -0.1) is 0 Å². The van der Waals surface area contributed by atoms with E-state index in [1.54, 1.807) is 0 Å². The SMILES string of the molecule is c1cc2ccc3ccc(-c4ccc5oc6c(-c7ccc8ccc9cccc%10ccc7c8c9%10)cccc6c5c4)c4ccc(c1)c2c34.c1ccc2c(c1)-c1ccccc1C21c2ccccc2-c2ccc(-c3cccc4c3oc3ccc(-c5ccc6ccc7cccc8ccc5c6c78)cc34)cc21.c1ccc2c(c1)cc(-c1cccc3c1oc1ccc(-c4ccc5ccc6cccc7ccc4c5c67)cc13)c1ccccc12. The fourth-order valence-electron chi connectivity index (χ4n) is 26.0. The summed E-state index contributed by atoms with van der Waals surface area (Å²) in [5.74, 6) is 0. The van der Waals surface area contributed by atoms with E-state index in [2.05, 4.69) is 473 Å². The second kappa shape index (κ2) is 29.3. The summed E-state index contributed by atoms with van der Waals surface area (Å²) >= 11 is 0. The van der Waals surface area contributed by atoms with E-state index in [-0.39, 0.29) is 5.41 Å². The van der Waals surface area contributed by atoms with Crippen molar-refractivity contribution < 1.29 is 13.3 Å². The molecule has 2 aliphatic carbocycles. The molecule has 652 valence electrons. The van der Waals surface area contributed by atoms with Crippen molar-refractivity contribution >= 4 is 217 Å². The van der Waals surface area contributed by atoms with Gasteiger partial charge in [0.2, 0.25) is 0 Å². The minimum absolute atomic E-state index is 0.382. The highest BCUT2D eigenvalue weighted by Crippen LogP contribution is 2.64. The number of benzene rings is 29. The van der Waals surface area contributed by atoms with Crippen LogP contribution in [0.2, 0.25) is 0 Å². The van der Waals surface area contributed by atoms with E-state index in [1.165, 1.54) is 245 Å². The van der Waals surface area contributed by atoms with Gasteiger partial charge in [-0.2, -0.15) is 0 Å². The Balaban J connectivity index is 0.0000000966. The number of furan rings is 3. The zero-order valence-electron chi connectivity index (χ0n) is 76.8. The van der Waals surface area contributed by atoms with Crippen LogP contribution in [0, 0.1) is 0 Å². The van der Waals surface area contributed by atoms with Crippen molar-refractivity contribution in [2.75, 3.05) is 0 Å². The summed E-state index contributed by atoms with van der Waals surface area (Å²) in [5, 5.41) is 43.1. The lowest BCUT2D eigenvalue weighted by molar-refractivity contribution is 0.669. The first kappa shape index (κ1) is 77.6. The zero-order valence-corrected chi connectivity index (χ0v) is 76.8. The van der Waals surface area contributed by atoms with Gasteiger partial charge in [-0.25, -0.2) is 0 Å². The average Bonchev–Trinajstić information content (AvgIpc) is 1.50. The summed E-state index contributed by atoms with van der Waals surface area (Å²) < 4.78 is 20.2. The fourth-order valence-corrected chi connectivity index (χ4v) is 26.0. The normalized spacial score (nSPS) is 12.8. The Morgan fingerprint density at radius 1 is 0.120 bits per heavy atom. The van der Waals surface area contributed by atoms with Crippen LogP contribution in [-0.2, 0) is 5.41 Å². The molecule has 29 aromatic carbocycles. The van der Waals surface area contributed by atoms with Gasteiger partial charge in [-0.05, 0) is 294 Å². The van der Waals surface area contributed by atoms with E-state index in [1.807, 2.05) is 0 Å². The van der Waals surface area contributed by atoms with E-state index in [0.29, 0.717) is 0 Å². The largest absolute Gasteiger partial charge is 0.455 e. The molecule has 0 amide bonds. The molecular weight excluding hydrogens is 1720 g/mol. The van der Waals surface area contributed by atoms with Gasteiger partial charge in [0.1, 0.15) is 33.5 Å². The van der Waals surface area contributed by atoms with Gasteiger partial charge in [0.25, 0.3) is 0 Å². The number of para-hydroxylation sites is 3. The minimum atomic E-state index is -0.382. The first-order valence-electron chi connectivity index (χ1n) is 49.3. The summed E-state index contributed by atoms with van der Waals surface area (Å²) in [7, 11) is 0. The van der Waals surface area contributed by atoms with Crippen molar-refractivity contribution in [3.63, 3.8) is 0 Å². The molecule has 0 bridgehead atoms. The molecule has 32 aromatic rings. The Kier molecular flexibility index (Phi) is 16.0. The van der Waals surface area contributed by atoms with Crippen molar-refractivity contribution in [2.45, 2.75) is 5.41 Å². The first-order chi connectivity index (χ1) is 70.4. The summed E-state index contributed by atoms with van der Waals surface area (Å²) in [6.45, 7) is 0. The van der Waals surface area contributed by atoms with Crippen LogP contribution >= 0.6 is 0 Å². The highest BCUT2D eigenvalue weighted by molar-refractivity contribution is 6.32. The second-order valence-electron chi connectivity index (χ2n) is 39.2. The fraction of sp³-hybridized carbons (Fsp3) is 0.00719. The molecular formula is C139H78O3. The van der Waals surface area contributed by atoms with Crippen LogP contribution in [-0.4, -0.2) is 0 Å². The molecule has 1 spiro atoms. The minimum Gasteiger partial charge on any atom is -0.455 e. The maximum Gasteiger partial charge on any atom is 0.143 e. The molecule has 3 heterocycles. The van der Waals surface area contributed by atoms with Crippen molar-refractivity contribution in [3.05, 3.63) is 495 Å². The number of hydrogen-bond donors (Lipinski definition) is 0. The van der Waals surface area contributed by atoms with Gasteiger partial charge < -0.3 is 13.3 Å². The maximum absolute atomic E-state index is 6.82. The molecule has 142 heavy (non-hydrogen) atoms. The van der Waals surface area contributed by atoms with E-state index in [9.17, 15) is 0 Å². The predicted octanol–water partition coefficient (Wildman–Crippen LogP) is 39.0. The van der Waals surface area contributed by atoms with E-state index in [0.717, 1.165) is 82.5 Å². The molecule has 0 atom stereocenters. The number of rotatable bonds is 6. The van der Waals surface area contributed by atoms with Gasteiger partial charge in [0.15, 0.2) is 0 Å². The van der Waals surface area contributed by atoms with Crippen LogP contribution in [0.3, 0.4) is 0 Å². The third kappa shape index (κ3) is 10.9. The second-order valence-corrected chi connectivity index (χ2v) is 39.2. The molecule has 0 saturated carbocycles. The van der Waals surface area contributed by atoms with Crippen LogP contribution < -0.4 is 0 Å². The van der Waals surface area contributed by atoms with Crippen molar-refractivity contribution in [2.24, 2.45) is 0 Å². The highest BCUT2D eigenvalue weighted by atomic mass is 16.3. The zero-order chi connectivity index (χ0) is 92.4. The Morgan fingerprint density at radius 2 is 0.380 bits per heavy atom. The van der Waals surface area contributed by atoms with Gasteiger partial charge in [-0.3, -0.25) is 0 Å². The van der Waals surface area contributed by atoms with Crippen LogP contribution in [0.15, 0.2) is 486 Å². The topological polar surface area (TPSA) is 39.4 Å². The Labute approximate surface area is 813 Å². The molecule has 2 aliphatic rings. The Morgan fingerprint density at radius 3 is 0.789 bits per heavy atom. The molecule has 34 rings (SSSR count). The monoisotopic (exact) mass is 1790 g/mol. The van der Waals surface area contributed by atoms with Crippen LogP contribution in [0.1, 0.15) is 22.3 Å². The maximum atomic E-state index is 6.82. The van der Waals surface area contributed by atoms with E-state index < -0.39 is 0 Å². The Bertz CT molecular complexity index is 10900. The van der Waals surface area contributed by atoms with Crippen molar-refractivity contribution in [1.29, 1.82) is 0 Å². The first-order valence-corrected chi connectivity index (χ1v) is 49.3. The molecule has 0 unspecified atom stereocenters. The highest BCUT2D eigenvalue weighted by Gasteiger charge is 2.52. The molecule has 0 N–H and O–H groups in total. The standard InChI is InChI=1S/C53H30O.C44H24O.C42H24O/c1-4-16-45-38(11-1)39-12-2-5-17-46(39)53(45)47-18-6-3-13-40(47)41-26-23-35(30-48(41)53)37-14-8-15-43-44-29-34(24-28-49(44)54-52(37)43)36-25-21-33-20-19-31-9-7-10-32-22-27-42(36)51(33)50(31)32;1-4-25-10-12-29-14-19-32(34-21-16-27(6-1)40(25)42(29)34)31-18-23-39-38(24-31)37-9-3-8-36(44(37)45-39)33-20-15-30-13-11-26-5-2-7-28-17-22-35(33)43(30)41(26)28;1-2-10-30-28(7-1)23-37(33-12-4-3-11-32(30)33)35-13-6-14-36-38-24-29(19-22-39(38)43-42(35)36)31-20-17-27-16-15-25-8-5-9-26-18-21-34(31)41(27)40(25)26/h1-30H;1-24H;1-24H. The summed E-state index contributed by atoms with van der Waals surface area (Å²) in [4.78, 5) is 0. The van der Waals surface area contributed by atoms with Gasteiger partial charge in [0, 0.05) is 49.0 Å². The van der Waals surface area contributed by atoms with E-state index in [4.69, 9.17) is 13.3 Å².